The van der Waals surface area contributed by atoms with Crippen molar-refractivity contribution in [2.45, 2.75) is 38.2 Å². The van der Waals surface area contributed by atoms with Crippen LogP contribution in [0.3, 0.4) is 0 Å². The molecule has 0 bridgehead atoms. The van der Waals surface area contributed by atoms with E-state index in [1.54, 1.807) is 19.1 Å². The Morgan fingerprint density at radius 1 is 1.05 bits per heavy atom. The number of carbonyl (C=O) groups excluding carboxylic acids is 2. The van der Waals surface area contributed by atoms with Gasteiger partial charge in [-0.05, 0) is 67.0 Å². The summed E-state index contributed by atoms with van der Waals surface area (Å²) in [6.45, 7) is 3.57. The highest BCUT2D eigenvalue weighted by atomic mass is 35.5. The van der Waals surface area contributed by atoms with Crippen LogP contribution in [0.25, 0.3) is 21.6 Å². The summed E-state index contributed by atoms with van der Waals surface area (Å²) in [6, 6.07) is 19.7. The summed E-state index contributed by atoms with van der Waals surface area (Å²) in [5.41, 5.74) is 3.82. The van der Waals surface area contributed by atoms with E-state index in [0.717, 1.165) is 16.0 Å². The van der Waals surface area contributed by atoms with E-state index in [4.69, 9.17) is 21.1 Å². The fourth-order valence-corrected chi connectivity index (χ4v) is 5.82. The van der Waals surface area contributed by atoms with Crippen LogP contribution in [0.2, 0.25) is 5.02 Å². The molecule has 0 unspecified atom stereocenters. The molecule has 6 nitrogen and oxygen atoms in total. The first-order chi connectivity index (χ1) is 18.7. The van der Waals surface area contributed by atoms with Gasteiger partial charge >= 0.3 is 12.1 Å². The number of hydrogen-bond acceptors (Lipinski definition) is 6. The molecule has 200 valence electrons. The van der Waals surface area contributed by atoms with Gasteiger partial charge in [0, 0.05) is 16.1 Å². The van der Waals surface area contributed by atoms with Crippen LogP contribution in [0.5, 0.6) is 0 Å². The number of carbonyl (C=O) groups is 2. The summed E-state index contributed by atoms with van der Waals surface area (Å²) in [7, 11) is 1.33. The molecule has 39 heavy (non-hydrogen) atoms. The molecule has 9 heteroatoms. The summed E-state index contributed by atoms with van der Waals surface area (Å²) < 4.78 is 29.9. The Balaban J connectivity index is 1.32. The summed E-state index contributed by atoms with van der Waals surface area (Å²) in [5.74, 6) is -0.821. The van der Waals surface area contributed by atoms with Gasteiger partial charge in [0.2, 0.25) is 0 Å². The molecule has 1 saturated carbocycles. The van der Waals surface area contributed by atoms with Crippen molar-refractivity contribution in [3.8, 4) is 21.6 Å². The number of nitrogens with one attached hydrogen (secondary N) is 1. The molecule has 4 aromatic rings. The smallest absolute Gasteiger partial charge is 0.412 e. The maximum Gasteiger partial charge on any atom is 0.412 e. The summed E-state index contributed by atoms with van der Waals surface area (Å²) in [5, 5.41) is 3.35. The summed E-state index contributed by atoms with van der Waals surface area (Å²) >= 11 is 7.50. The molecule has 0 saturated heterocycles. The molecule has 1 aromatic heterocycles. The highest BCUT2D eigenvalue weighted by Crippen LogP contribution is 2.50. The third kappa shape index (κ3) is 5.27. The van der Waals surface area contributed by atoms with Crippen LogP contribution in [-0.2, 0) is 19.7 Å². The van der Waals surface area contributed by atoms with Gasteiger partial charge in [-0.2, -0.15) is 4.37 Å². The van der Waals surface area contributed by atoms with Crippen LogP contribution in [0, 0.1) is 12.7 Å². The first-order valence-electron chi connectivity index (χ1n) is 12.4. The fraction of sp³-hybridized carbons (Fsp3) is 0.233. The Morgan fingerprint density at radius 2 is 1.72 bits per heavy atom. The van der Waals surface area contributed by atoms with Gasteiger partial charge in [-0.3, -0.25) is 10.1 Å². The van der Waals surface area contributed by atoms with Crippen LogP contribution in [0.1, 0.15) is 42.7 Å². The second-order valence-electron chi connectivity index (χ2n) is 9.51. The number of amides is 1. The van der Waals surface area contributed by atoms with E-state index < -0.39 is 29.4 Å². The van der Waals surface area contributed by atoms with Crippen molar-refractivity contribution >= 4 is 40.9 Å². The number of anilines is 1. The average molecular weight is 565 g/mol. The number of nitrogens with zero attached hydrogens (tertiary/aromatic N) is 1. The molecule has 1 aliphatic rings. The minimum absolute atomic E-state index is 0.376. The van der Waals surface area contributed by atoms with Crippen molar-refractivity contribution in [1.82, 2.24) is 4.37 Å². The van der Waals surface area contributed by atoms with Crippen LogP contribution in [-0.4, -0.2) is 23.5 Å². The number of benzene rings is 3. The van der Waals surface area contributed by atoms with Crippen LogP contribution < -0.4 is 5.32 Å². The summed E-state index contributed by atoms with van der Waals surface area (Å²) in [6.07, 6.45) is 0.0192. The Labute approximate surface area is 234 Å². The number of methoxy groups -OCH3 is 1. The number of aryl methyl sites for hydroxylation is 1. The van der Waals surface area contributed by atoms with E-state index in [1.165, 1.54) is 24.7 Å². The molecule has 5 rings (SSSR count). The second-order valence-corrected chi connectivity index (χ2v) is 10.7. The number of aromatic nitrogens is 1. The molecule has 1 fully saturated rings. The van der Waals surface area contributed by atoms with Gasteiger partial charge in [-0.25, -0.2) is 9.18 Å². The van der Waals surface area contributed by atoms with Crippen molar-refractivity contribution in [2.75, 3.05) is 12.4 Å². The molecular formula is C30H26ClFN2O4S. The maximum absolute atomic E-state index is 15.0. The van der Waals surface area contributed by atoms with Crippen molar-refractivity contribution in [3.63, 3.8) is 0 Å². The minimum Gasteiger partial charge on any atom is -0.468 e. The number of hydrogen-bond donors (Lipinski definition) is 1. The van der Waals surface area contributed by atoms with Crippen LogP contribution >= 0.6 is 23.1 Å². The monoisotopic (exact) mass is 564 g/mol. The SMILES string of the molecule is COC(=O)C1(c2ccc(-c3ccc(-c4snc(C)c4NC(=O)O[C@H](C)c4ccccc4Cl)cc3)cc2F)CC1. The second kappa shape index (κ2) is 10.8. The summed E-state index contributed by atoms with van der Waals surface area (Å²) in [4.78, 5) is 25.7. The Hall–Kier alpha value is -3.75. The standard InChI is InChI=1S/C30H26ClFN2O4S/c1-17-26(33-29(36)38-18(2)22-6-4-5-7-24(22)31)27(39-34-17)20-10-8-19(9-11-20)21-12-13-23(25(32)16-21)30(14-15-30)28(35)37-3/h4-13,16,18H,14-15H2,1-3H3,(H,33,36)/t18-/m1/s1. The van der Waals surface area contributed by atoms with Crippen molar-refractivity contribution in [2.24, 2.45) is 0 Å². The normalized spacial score (nSPS) is 14.4. The lowest BCUT2D eigenvalue weighted by Crippen LogP contribution is -2.23. The van der Waals surface area contributed by atoms with Gasteiger partial charge in [0.25, 0.3) is 0 Å². The molecule has 0 radical (unpaired) electrons. The van der Waals surface area contributed by atoms with E-state index in [1.807, 2.05) is 55.5 Å². The Bertz CT molecular complexity index is 1550. The molecular weight excluding hydrogens is 539 g/mol. The van der Waals surface area contributed by atoms with E-state index in [-0.39, 0.29) is 0 Å². The van der Waals surface area contributed by atoms with Crippen molar-refractivity contribution in [3.05, 3.63) is 94.4 Å². The highest BCUT2D eigenvalue weighted by Gasteiger charge is 2.54. The predicted molar refractivity (Wildman–Crippen MR) is 151 cm³/mol. The number of halogens is 2. The Morgan fingerprint density at radius 3 is 2.36 bits per heavy atom. The maximum atomic E-state index is 15.0. The minimum atomic E-state index is -0.860. The average Bonchev–Trinajstić information content (AvgIpc) is 3.66. The van der Waals surface area contributed by atoms with Gasteiger partial charge in [0.1, 0.15) is 11.9 Å². The van der Waals surface area contributed by atoms with E-state index in [2.05, 4.69) is 9.69 Å². The largest absolute Gasteiger partial charge is 0.468 e. The topological polar surface area (TPSA) is 77.5 Å². The third-order valence-corrected chi connectivity index (χ3v) is 8.34. The quantitative estimate of drug-likeness (QED) is 0.229. The molecule has 1 amide bonds. The zero-order valence-electron chi connectivity index (χ0n) is 21.6. The Kier molecular flexibility index (Phi) is 7.42. The number of esters is 1. The van der Waals surface area contributed by atoms with Crippen molar-refractivity contribution in [1.29, 1.82) is 0 Å². The first-order valence-corrected chi connectivity index (χ1v) is 13.6. The predicted octanol–water partition coefficient (Wildman–Crippen LogP) is 8.09. The van der Waals surface area contributed by atoms with Gasteiger partial charge in [-0.1, -0.05) is 66.2 Å². The van der Waals surface area contributed by atoms with Gasteiger partial charge in [0.05, 0.1) is 28.8 Å². The van der Waals surface area contributed by atoms with E-state index in [9.17, 15) is 9.59 Å². The van der Waals surface area contributed by atoms with E-state index >= 15 is 4.39 Å². The molecule has 1 aliphatic carbocycles. The van der Waals surface area contributed by atoms with E-state index in [0.29, 0.717) is 45.9 Å². The van der Waals surface area contributed by atoms with Crippen LogP contribution in [0.15, 0.2) is 66.7 Å². The molecule has 0 spiro atoms. The highest BCUT2D eigenvalue weighted by molar-refractivity contribution is 7.10. The first kappa shape index (κ1) is 26.8. The third-order valence-electron chi connectivity index (χ3n) is 7.01. The molecule has 1 N–H and O–H groups in total. The van der Waals surface area contributed by atoms with Gasteiger partial charge < -0.3 is 9.47 Å². The zero-order valence-corrected chi connectivity index (χ0v) is 23.2. The number of ether oxygens (including phenoxy) is 2. The lowest BCUT2D eigenvalue weighted by molar-refractivity contribution is -0.143. The van der Waals surface area contributed by atoms with Gasteiger partial charge in [-0.15, -0.1) is 0 Å². The lowest BCUT2D eigenvalue weighted by atomic mass is 9.93. The number of rotatable bonds is 7. The van der Waals surface area contributed by atoms with Gasteiger partial charge in [0.15, 0.2) is 0 Å². The molecule has 3 aromatic carbocycles. The van der Waals surface area contributed by atoms with Crippen molar-refractivity contribution < 1.29 is 23.5 Å². The van der Waals surface area contributed by atoms with Crippen LogP contribution in [0.4, 0.5) is 14.9 Å². The molecule has 0 aliphatic heterocycles. The zero-order chi connectivity index (χ0) is 27.7. The lowest BCUT2D eigenvalue weighted by Gasteiger charge is -2.16. The molecule has 1 atom stereocenters. The molecule has 1 heterocycles. The fourth-order valence-electron chi connectivity index (χ4n) is 4.67.